The minimum Gasteiger partial charge on any atom is -0.421 e. The molecule has 0 saturated carbocycles. The van der Waals surface area contributed by atoms with Crippen molar-refractivity contribution in [3.63, 3.8) is 0 Å². The van der Waals surface area contributed by atoms with Gasteiger partial charge in [-0.1, -0.05) is 23.7 Å². The molecule has 4 rings (SSSR count). The van der Waals surface area contributed by atoms with Crippen LogP contribution >= 0.6 is 11.6 Å². The largest absolute Gasteiger partial charge is 0.421 e. The van der Waals surface area contributed by atoms with E-state index in [-0.39, 0.29) is 0 Å². The first kappa shape index (κ1) is 14.7. The molecule has 2 heterocycles. The summed E-state index contributed by atoms with van der Waals surface area (Å²) in [6.45, 7) is 1.96. The van der Waals surface area contributed by atoms with Crippen LogP contribution < -0.4 is 10.9 Å². The third kappa shape index (κ3) is 2.41. The maximum Gasteiger partial charge on any atom is 0.363 e. The summed E-state index contributed by atoms with van der Waals surface area (Å²) >= 11 is 6.20. The zero-order valence-corrected chi connectivity index (χ0v) is 13.6. The van der Waals surface area contributed by atoms with Crippen molar-refractivity contribution in [1.29, 1.82) is 0 Å². The van der Waals surface area contributed by atoms with Crippen LogP contribution in [-0.4, -0.2) is 4.98 Å². The lowest BCUT2D eigenvalue weighted by molar-refractivity contribution is 0.568. The number of nitrogens with one attached hydrogen (secondary N) is 1. The Hall–Kier alpha value is -2.85. The van der Waals surface area contributed by atoms with E-state index in [9.17, 15) is 4.79 Å². The maximum atomic E-state index is 12.1. The molecule has 0 aliphatic rings. The normalized spacial score (nSPS) is 11.1. The quantitative estimate of drug-likeness (QED) is 0.411. The highest BCUT2D eigenvalue weighted by Gasteiger charge is 2.11. The van der Waals surface area contributed by atoms with Crippen LogP contribution in [-0.2, 0) is 0 Å². The molecular formula is C19H13ClN2O2. The Morgan fingerprint density at radius 2 is 1.96 bits per heavy atom. The lowest BCUT2D eigenvalue weighted by Crippen LogP contribution is -2.03. The van der Waals surface area contributed by atoms with E-state index in [1.54, 1.807) is 12.3 Å². The van der Waals surface area contributed by atoms with Gasteiger partial charge in [-0.05, 0) is 48.9 Å². The third-order valence-electron chi connectivity index (χ3n) is 3.96. The van der Waals surface area contributed by atoms with Crippen LogP contribution in [0.4, 0.5) is 11.4 Å². The van der Waals surface area contributed by atoms with Crippen LogP contribution in [0.5, 0.6) is 0 Å². The van der Waals surface area contributed by atoms with E-state index < -0.39 is 5.63 Å². The Bertz CT molecular complexity index is 1140. The topological polar surface area (TPSA) is 55.1 Å². The molecule has 0 aliphatic carbocycles. The standard InChI is InChI=1S/C19H13ClN2O2/c1-11-8-9-21-18-17(11)13-10-12(6-7-16(13)24-19(18)23)22-15-5-3-2-4-14(15)20/h2-10,22H,1H3. The van der Waals surface area contributed by atoms with E-state index in [1.165, 1.54) is 0 Å². The van der Waals surface area contributed by atoms with Crippen molar-refractivity contribution in [3.05, 3.63) is 75.7 Å². The molecule has 0 amide bonds. The molecule has 118 valence electrons. The molecule has 1 N–H and O–H groups in total. The number of hydrogen-bond donors (Lipinski definition) is 1. The number of pyridine rings is 1. The molecule has 24 heavy (non-hydrogen) atoms. The second-order valence-corrected chi connectivity index (χ2v) is 5.96. The molecule has 4 aromatic rings. The lowest BCUT2D eigenvalue weighted by Gasteiger charge is -2.10. The van der Waals surface area contributed by atoms with Crippen molar-refractivity contribution in [2.24, 2.45) is 0 Å². The lowest BCUT2D eigenvalue weighted by atomic mass is 10.1. The summed E-state index contributed by atoms with van der Waals surface area (Å²) in [5.41, 5.74) is 3.11. The second kappa shape index (κ2) is 5.65. The highest BCUT2D eigenvalue weighted by atomic mass is 35.5. The smallest absolute Gasteiger partial charge is 0.363 e. The number of benzene rings is 2. The first-order valence-electron chi connectivity index (χ1n) is 7.47. The van der Waals surface area contributed by atoms with Crippen LogP contribution in [0.15, 0.2) is 63.9 Å². The predicted octanol–water partition coefficient (Wildman–Crippen LogP) is 5.05. The van der Waals surface area contributed by atoms with Gasteiger partial charge in [-0.2, -0.15) is 0 Å². The summed E-state index contributed by atoms with van der Waals surface area (Å²) in [6, 6.07) is 15.0. The monoisotopic (exact) mass is 336 g/mol. The Kier molecular flexibility index (Phi) is 3.47. The molecule has 0 radical (unpaired) electrons. The van der Waals surface area contributed by atoms with Gasteiger partial charge in [0.05, 0.1) is 10.7 Å². The Labute approximate surface area is 142 Å². The summed E-state index contributed by atoms with van der Waals surface area (Å²) in [7, 11) is 0. The highest BCUT2D eigenvalue weighted by molar-refractivity contribution is 6.33. The Morgan fingerprint density at radius 1 is 1.12 bits per heavy atom. The maximum absolute atomic E-state index is 12.1. The molecule has 2 aromatic carbocycles. The molecule has 4 nitrogen and oxygen atoms in total. The van der Waals surface area contributed by atoms with Gasteiger partial charge in [0.2, 0.25) is 0 Å². The van der Waals surface area contributed by atoms with Gasteiger partial charge in [0.1, 0.15) is 5.58 Å². The second-order valence-electron chi connectivity index (χ2n) is 5.56. The zero-order chi connectivity index (χ0) is 16.7. The van der Waals surface area contributed by atoms with Gasteiger partial charge in [-0.25, -0.2) is 9.78 Å². The van der Waals surface area contributed by atoms with E-state index in [0.717, 1.165) is 27.7 Å². The van der Waals surface area contributed by atoms with Gasteiger partial charge < -0.3 is 9.73 Å². The number of para-hydroxylation sites is 1. The summed E-state index contributed by atoms with van der Waals surface area (Å²) in [5, 5.41) is 5.58. The van der Waals surface area contributed by atoms with Gasteiger partial charge in [0.15, 0.2) is 5.52 Å². The number of halogens is 1. The van der Waals surface area contributed by atoms with E-state index in [0.29, 0.717) is 16.1 Å². The summed E-state index contributed by atoms with van der Waals surface area (Å²) in [5.74, 6) is 0. The fraction of sp³-hybridized carbons (Fsp3) is 0.0526. The molecule has 0 bridgehead atoms. The molecule has 0 fully saturated rings. The third-order valence-corrected chi connectivity index (χ3v) is 4.29. The molecule has 0 spiro atoms. The zero-order valence-electron chi connectivity index (χ0n) is 12.8. The fourth-order valence-corrected chi connectivity index (χ4v) is 2.99. The van der Waals surface area contributed by atoms with Crippen molar-refractivity contribution < 1.29 is 4.42 Å². The van der Waals surface area contributed by atoms with E-state index in [4.69, 9.17) is 16.0 Å². The van der Waals surface area contributed by atoms with Crippen molar-refractivity contribution in [1.82, 2.24) is 4.98 Å². The van der Waals surface area contributed by atoms with Crippen LogP contribution in [0.2, 0.25) is 5.02 Å². The first-order valence-corrected chi connectivity index (χ1v) is 7.85. The van der Waals surface area contributed by atoms with Gasteiger partial charge >= 0.3 is 5.63 Å². The van der Waals surface area contributed by atoms with Gasteiger partial charge in [0, 0.05) is 22.7 Å². The SMILES string of the molecule is Cc1ccnc2c(=O)oc3ccc(Nc4ccccc4Cl)cc3c12. The van der Waals surface area contributed by atoms with Gasteiger partial charge in [-0.15, -0.1) is 0 Å². The van der Waals surface area contributed by atoms with Crippen LogP contribution in [0.25, 0.3) is 21.9 Å². The summed E-state index contributed by atoms with van der Waals surface area (Å²) < 4.78 is 5.39. The average Bonchev–Trinajstić information content (AvgIpc) is 2.58. The number of aryl methyl sites for hydroxylation is 1. The summed E-state index contributed by atoms with van der Waals surface area (Å²) in [4.78, 5) is 16.3. The fourth-order valence-electron chi connectivity index (χ4n) is 2.81. The number of aromatic nitrogens is 1. The average molecular weight is 337 g/mol. The Morgan fingerprint density at radius 3 is 2.79 bits per heavy atom. The van der Waals surface area contributed by atoms with E-state index in [2.05, 4.69) is 10.3 Å². The highest BCUT2D eigenvalue weighted by Crippen LogP contribution is 2.30. The first-order chi connectivity index (χ1) is 11.6. The molecule has 0 unspecified atom stereocenters. The van der Waals surface area contributed by atoms with Gasteiger partial charge in [0.25, 0.3) is 0 Å². The summed E-state index contributed by atoms with van der Waals surface area (Å²) in [6.07, 6.45) is 1.62. The molecule has 0 atom stereocenters. The number of anilines is 2. The van der Waals surface area contributed by atoms with Crippen LogP contribution in [0.1, 0.15) is 5.56 Å². The molecule has 2 aromatic heterocycles. The molecular weight excluding hydrogens is 324 g/mol. The van der Waals surface area contributed by atoms with E-state index in [1.807, 2.05) is 49.4 Å². The van der Waals surface area contributed by atoms with Crippen molar-refractivity contribution in [2.45, 2.75) is 6.92 Å². The minimum atomic E-state index is -0.423. The van der Waals surface area contributed by atoms with Crippen molar-refractivity contribution in [2.75, 3.05) is 5.32 Å². The van der Waals surface area contributed by atoms with Crippen LogP contribution in [0, 0.1) is 6.92 Å². The Balaban J connectivity index is 1.95. The number of hydrogen-bond acceptors (Lipinski definition) is 4. The number of rotatable bonds is 2. The van der Waals surface area contributed by atoms with E-state index >= 15 is 0 Å². The number of nitrogens with zero attached hydrogens (tertiary/aromatic N) is 1. The van der Waals surface area contributed by atoms with Crippen LogP contribution in [0.3, 0.4) is 0 Å². The van der Waals surface area contributed by atoms with Crippen molar-refractivity contribution >= 4 is 44.8 Å². The molecule has 5 heteroatoms. The van der Waals surface area contributed by atoms with Gasteiger partial charge in [-0.3, -0.25) is 0 Å². The predicted molar refractivity (Wildman–Crippen MR) is 97.3 cm³/mol. The molecule has 0 aliphatic heterocycles. The number of fused-ring (bicyclic) bond motifs is 3. The minimum absolute atomic E-state index is 0.345. The molecule has 0 saturated heterocycles. The van der Waals surface area contributed by atoms with Crippen molar-refractivity contribution in [3.8, 4) is 0 Å².